The molecule has 0 spiro atoms. The average molecular weight is 439 g/mol. The third-order valence-electron chi connectivity index (χ3n) is 5.14. The quantitative estimate of drug-likeness (QED) is 0.431. The van der Waals surface area contributed by atoms with Crippen LogP contribution in [0.3, 0.4) is 0 Å². The Morgan fingerprint density at radius 2 is 1.76 bits per heavy atom. The van der Waals surface area contributed by atoms with Crippen LogP contribution in [0.4, 0.5) is 10.1 Å². The Bertz CT molecular complexity index is 1530. The summed E-state index contributed by atoms with van der Waals surface area (Å²) in [5.41, 5.74) is 2.83. The third-order valence-corrected chi connectivity index (χ3v) is 5.14. The van der Waals surface area contributed by atoms with Crippen molar-refractivity contribution >= 4 is 22.6 Å². The lowest BCUT2D eigenvalue weighted by Crippen LogP contribution is -2.24. The number of para-hydroxylation sites is 1. The molecule has 33 heavy (non-hydrogen) atoms. The third kappa shape index (κ3) is 4.27. The zero-order valence-corrected chi connectivity index (χ0v) is 17.3. The fraction of sp³-hybridized carbons (Fsp3) is 0.0400. The summed E-state index contributed by atoms with van der Waals surface area (Å²) in [5.74, 6) is -0.115. The van der Waals surface area contributed by atoms with Gasteiger partial charge in [0, 0.05) is 18.2 Å². The highest BCUT2D eigenvalue weighted by molar-refractivity contribution is 6.03. The number of nitrogens with one attached hydrogen (secondary N) is 2. The molecule has 0 radical (unpaired) electrons. The zero-order chi connectivity index (χ0) is 22.8. The van der Waals surface area contributed by atoms with Crippen LogP contribution in [0.1, 0.15) is 21.9 Å². The molecule has 2 N–H and O–H groups in total. The van der Waals surface area contributed by atoms with E-state index in [1.807, 2.05) is 6.07 Å². The van der Waals surface area contributed by atoms with Gasteiger partial charge in [0.1, 0.15) is 17.3 Å². The molecule has 0 atom stereocenters. The van der Waals surface area contributed by atoms with Crippen LogP contribution in [-0.4, -0.2) is 25.7 Å². The summed E-state index contributed by atoms with van der Waals surface area (Å²) in [4.78, 5) is 32.6. The molecule has 0 fully saturated rings. The molecule has 5 rings (SSSR count). The van der Waals surface area contributed by atoms with Crippen LogP contribution in [0.2, 0.25) is 0 Å². The smallest absolute Gasteiger partial charge is 0.276 e. The van der Waals surface area contributed by atoms with E-state index in [-0.39, 0.29) is 17.1 Å². The maximum absolute atomic E-state index is 13.9. The molecule has 5 aromatic rings. The summed E-state index contributed by atoms with van der Waals surface area (Å²) in [6, 6.07) is 23.4. The van der Waals surface area contributed by atoms with Crippen molar-refractivity contribution in [3.05, 3.63) is 118 Å². The van der Waals surface area contributed by atoms with Crippen molar-refractivity contribution in [2.24, 2.45) is 0 Å². The van der Waals surface area contributed by atoms with Gasteiger partial charge in [0.05, 0.1) is 16.7 Å². The van der Waals surface area contributed by atoms with Gasteiger partial charge in [0.25, 0.3) is 11.5 Å². The van der Waals surface area contributed by atoms with Crippen molar-refractivity contribution in [2.75, 3.05) is 5.32 Å². The van der Waals surface area contributed by atoms with Gasteiger partial charge in [-0.3, -0.25) is 9.59 Å². The van der Waals surface area contributed by atoms with E-state index in [0.717, 1.165) is 0 Å². The standard InChI is InChI=1S/C25H18FN5O2/c26-19-9-5-4-6-16(19)14-23-28-20-11-10-17(15-22(20)29-23)27-25(33)21-12-13-24(32)31(30-21)18-7-2-1-3-8-18/h1-13,15H,14H2,(H,27,33)(H,28,29). The van der Waals surface area contributed by atoms with E-state index in [4.69, 9.17) is 0 Å². The normalized spacial score (nSPS) is 10.9. The Balaban J connectivity index is 1.37. The first-order chi connectivity index (χ1) is 16.1. The lowest BCUT2D eigenvalue weighted by molar-refractivity contribution is 0.102. The van der Waals surface area contributed by atoms with Crippen LogP contribution in [0.25, 0.3) is 16.7 Å². The summed E-state index contributed by atoms with van der Waals surface area (Å²) in [7, 11) is 0. The second-order valence-electron chi connectivity index (χ2n) is 7.44. The molecule has 162 valence electrons. The van der Waals surface area contributed by atoms with Gasteiger partial charge in [0.2, 0.25) is 0 Å². The van der Waals surface area contributed by atoms with Crippen LogP contribution in [-0.2, 0) is 6.42 Å². The molecule has 3 aromatic carbocycles. The number of amides is 1. The molecule has 0 unspecified atom stereocenters. The van der Waals surface area contributed by atoms with Crippen molar-refractivity contribution < 1.29 is 9.18 Å². The van der Waals surface area contributed by atoms with E-state index in [9.17, 15) is 14.0 Å². The fourth-order valence-electron chi connectivity index (χ4n) is 3.53. The summed E-state index contributed by atoms with van der Waals surface area (Å²) in [5, 5.41) is 6.99. The van der Waals surface area contributed by atoms with E-state index < -0.39 is 5.91 Å². The first-order valence-corrected chi connectivity index (χ1v) is 10.3. The number of rotatable bonds is 5. The summed E-state index contributed by atoms with van der Waals surface area (Å²) < 4.78 is 15.1. The second-order valence-corrected chi connectivity index (χ2v) is 7.44. The molecule has 2 heterocycles. The minimum Gasteiger partial charge on any atom is -0.342 e. The van der Waals surface area contributed by atoms with Gasteiger partial charge in [-0.15, -0.1) is 0 Å². The molecule has 2 aromatic heterocycles. The van der Waals surface area contributed by atoms with Gasteiger partial charge >= 0.3 is 0 Å². The number of aromatic amines is 1. The summed E-state index contributed by atoms with van der Waals surface area (Å²) in [6.07, 6.45) is 0.327. The van der Waals surface area contributed by atoms with Crippen molar-refractivity contribution in [1.29, 1.82) is 0 Å². The first-order valence-electron chi connectivity index (χ1n) is 10.3. The van der Waals surface area contributed by atoms with E-state index in [1.54, 1.807) is 60.7 Å². The molecule has 0 saturated carbocycles. The van der Waals surface area contributed by atoms with Gasteiger partial charge < -0.3 is 10.3 Å². The predicted octanol–water partition coefficient (Wildman–Crippen LogP) is 4.09. The first kappa shape index (κ1) is 20.3. The van der Waals surface area contributed by atoms with Gasteiger partial charge in [-0.05, 0) is 48.0 Å². The minimum atomic E-state index is -0.454. The summed E-state index contributed by atoms with van der Waals surface area (Å²) in [6.45, 7) is 0. The van der Waals surface area contributed by atoms with Crippen molar-refractivity contribution in [3.8, 4) is 5.69 Å². The van der Waals surface area contributed by atoms with E-state index in [2.05, 4.69) is 20.4 Å². The molecule has 0 aliphatic heterocycles. The Morgan fingerprint density at radius 3 is 2.58 bits per heavy atom. The Morgan fingerprint density at radius 1 is 0.970 bits per heavy atom. The van der Waals surface area contributed by atoms with Crippen molar-refractivity contribution in [2.45, 2.75) is 6.42 Å². The second kappa shape index (κ2) is 8.51. The number of nitrogens with zero attached hydrogens (tertiary/aromatic N) is 3. The zero-order valence-electron chi connectivity index (χ0n) is 17.3. The Kier molecular flexibility index (Phi) is 5.24. The topological polar surface area (TPSA) is 92.7 Å². The Labute approximate surface area is 187 Å². The maximum Gasteiger partial charge on any atom is 0.276 e. The molecule has 0 aliphatic rings. The fourth-order valence-corrected chi connectivity index (χ4v) is 3.53. The number of imidazole rings is 1. The molecule has 7 nitrogen and oxygen atoms in total. The van der Waals surface area contributed by atoms with Gasteiger partial charge in [0.15, 0.2) is 0 Å². The van der Waals surface area contributed by atoms with E-state index in [1.165, 1.54) is 22.9 Å². The number of anilines is 1. The van der Waals surface area contributed by atoms with E-state index >= 15 is 0 Å². The van der Waals surface area contributed by atoms with E-state index in [0.29, 0.717) is 40.2 Å². The molecular weight excluding hydrogens is 421 g/mol. The number of benzene rings is 3. The highest BCUT2D eigenvalue weighted by Gasteiger charge is 2.13. The highest BCUT2D eigenvalue weighted by atomic mass is 19.1. The minimum absolute atomic E-state index is 0.100. The molecule has 0 bridgehead atoms. The largest absolute Gasteiger partial charge is 0.342 e. The predicted molar refractivity (Wildman–Crippen MR) is 123 cm³/mol. The monoisotopic (exact) mass is 439 g/mol. The number of halogens is 1. The van der Waals surface area contributed by atoms with Crippen molar-refractivity contribution in [3.63, 3.8) is 0 Å². The van der Waals surface area contributed by atoms with Crippen molar-refractivity contribution in [1.82, 2.24) is 19.7 Å². The number of aromatic nitrogens is 4. The van der Waals surface area contributed by atoms with Crippen LogP contribution < -0.4 is 10.9 Å². The molecular formula is C25H18FN5O2. The number of hydrogen-bond donors (Lipinski definition) is 2. The molecule has 1 amide bonds. The molecule has 0 aliphatic carbocycles. The lowest BCUT2D eigenvalue weighted by Gasteiger charge is -2.08. The number of carbonyl (C=O) groups excluding carboxylic acids is 1. The number of H-pyrrole nitrogens is 1. The maximum atomic E-state index is 13.9. The van der Waals surface area contributed by atoms with Gasteiger partial charge in [-0.2, -0.15) is 9.78 Å². The summed E-state index contributed by atoms with van der Waals surface area (Å²) >= 11 is 0. The van der Waals surface area contributed by atoms with Gasteiger partial charge in [-0.1, -0.05) is 36.4 Å². The SMILES string of the molecule is O=C(Nc1ccc2nc(Cc3ccccc3F)[nH]c2c1)c1ccc(=O)n(-c2ccccc2)n1. The molecule has 8 heteroatoms. The average Bonchev–Trinajstić information content (AvgIpc) is 3.23. The highest BCUT2D eigenvalue weighted by Crippen LogP contribution is 2.20. The number of carbonyl (C=O) groups is 1. The lowest BCUT2D eigenvalue weighted by atomic mass is 10.1. The van der Waals surface area contributed by atoms with Crippen LogP contribution in [0.5, 0.6) is 0 Å². The number of fused-ring (bicyclic) bond motifs is 1. The van der Waals surface area contributed by atoms with Crippen LogP contribution >= 0.6 is 0 Å². The molecule has 0 saturated heterocycles. The van der Waals surface area contributed by atoms with Crippen LogP contribution in [0, 0.1) is 5.82 Å². The van der Waals surface area contributed by atoms with Crippen LogP contribution in [0.15, 0.2) is 89.7 Å². The van der Waals surface area contributed by atoms with Gasteiger partial charge in [-0.25, -0.2) is 9.37 Å². The number of hydrogen-bond acceptors (Lipinski definition) is 4. The Hall–Kier alpha value is -4.59.